The maximum Gasteiger partial charge on any atom is 0.339 e. The van der Waals surface area contributed by atoms with Gasteiger partial charge in [0.2, 0.25) is 0 Å². The van der Waals surface area contributed by atoms with E-state index in [0.717, 1.165) is 0 Å². The van der Waals surface area contributed by atoms with Gasteiger partial charge in [-0.2, -0.15) is 0 Å². The molecule has 2 rings (SSSR count). The summed E-state index contributed by atoms with van der Waals surface area (Å²) < 4.78 is 29.0. The fraction of sp³-hybridized carbons (Fsp3) is 0.125. The SMILES string of the molecule is O=C(O)c1ccccc1C(=O)OCCS(=O)(=O)c1ccccc1. The second-order valence-corrected chi connectivity index (χ2v) is 6.73. The molecular weight excluding hydrogens is 320 g/mol. The van der Waals surface area contributed by atoms with Crippen molar-refractivity contribution in [3.05, 3.63) is 65.7 Å². The number of carboxylic acid groups (broad SMARTS) is 1. The van der Waals surface area contributed by atoms with Crippen molar-refractivity contribution in [2.75, 3.05) is 12.4 Å². The van der Waals surface area contributed by atoms with Crippen LogP contribution in [0.3, 0.4) is 0 Å². The second-order valence-electron chi connectivity index (χ2n) is 4.62. The molecule has 7 heteroatoms. The molecule has 0 saturated heterocycles. The Kier molecular flexibility index (Phi) is 5.13. The van der Waals surface area contributed by atoms with E-state index in [4.69, 9.17) is 9.84 Å². The van der Waals surface area contributed by atoms with E-state index in [9.17, 15) is 18.0 Å². The van der Waals surface area contributed by atoms with Gasteiger partial charge in [0.25, 0.3) is 0 Å². The van der Waals surface area contributed by atoms with E-state index in [-0.39, 0.29) is 28.4 Å². The molecule has 0 spiro atoms. The van der Waals surface area contributed by atoms with Gasteiger partial charge in [-0.15, -0.1) is 0 Å². The lowest BCUT2D eigenvalue weighted by atomic mass is 10.1. The van der Waals surface area contributed by atoms with Crippen LogP contribution < -0.4 is 0 Å². The molecule has 0 aromatic heterocycles. The Morgan fingerprint density at radius 1 is 0.913 bits per heavy atom. The van der Waals surface area contributed by atoms with Gasteiger partial charge in [-0.1, -0.05) is 30.3 Å². The highest BCUT2D eigenvalue weighted by Crippen LogP contribution is 2.12. The molecule has 0 radical (unpaired) electrons. The predicted octanol–water partition coefficient (Wildman–Crippen LogP) is 2.02. The Morgan fingerprint density at radius 3 is 2.09 bits per heavy atom. The highest BCUT2D eigenvalue weighted by atomic mass is 32.2. The van der Waals surface area contributed by atoms with Crippen LogP contribution in [0.5, 0.6) is 0 Å². The first-order valence-corrected chi connectivity index (χ1v) is 8.34. The highest BCUT2D eigenvalue weighted by Gasteiger charge is 2.19. The molecule has 0 unspecified atom stereocenters. The van der Waals surface area contributed by atoms with Crippen LogP contribution in [-0.4, -0.2) is 37.8 Å². The van der Waals surface area contributed by atoms with Crippen molar-refractivity contribution in [3.63, 3.8) is 0 Å². The Bertz CT molecular complexity index is 811. The first-order valence-electron chi connectivity index (χ1n) is 6.69. The van der Waals surface area contributed by atoms with E-state index in [1.54, 1.807) is 18.2 Å². The van der Waals surface area contributed by atoms with Crippen LogP contribution in [0.25, 0.3) is 0 Å². The minimum Gasteiger partial charge on any atom is -0.478 e. The van der Waals surface area contributed by atoms with Gasteiger partial charge in [-0.05, 0) is 24.3 Å². The largest absolute Gasteiger partial charge is 0.478 e. The predicted molar refractivity (Wildman–Crippen MR) is 82.2 cm³/mol. The molecule has 23 heavy (non-hydrogen) atoms. The van der Waals surface area contributed by atoms with Crippen molar-refractivity contribution >= 4 is 21.8 Å². The zero-order valence-corrected chi connectivity index (χ0v) is 12.8. The number of esters is 1. The number of carbonyl (C=O) groups is 2. The van der Waals surface area contributed by atoms with Gasteiger partial charge in [0.15, 0.2) is 9.84 Å². The van der Waals surface area contributed by atoms with Crippen LogP contribution in [0.15, 0.2) is 59.5 Å². The third-order valence-electron chi connectivity index (χ3n) is 3.06. The Balaban J connectivity index is 2.02. The standard InChI is InChI=1S/C16H14O6S/c17-15(18)13-8-4-5-9-14(13)16(19)22-10-11-23(20,21)12-6-2-1-3-7-12/h1-9H,10-11H2,(H,17,18). The third-order valence-corrected chi connectivity index (χ3v) is 4.76. The zero-order chi connectivity index (χ0) is 16.9. The molecule has 0 bridgehead atoms. The van der Waals surface area contributed by atoms with Crippen molar-refractivity contribution in [3.8, 4) is 0 Å². The maximum atomic E-state index is 12.0. The first-order chi connectivity index (χ1) is 10.9. The summed E-state index contributed by atoms with van der Waals surface area (Å²) in [7, 11) is -3.56. The molecular formula is C16H14O6S. The topological polar surface area (TPSA) is 97.7 Å². The maximum absolute atomic E-state index is 12.0. The monoisotopic (exact) mass is 334 g/mol. The second kappa shape index (κ2) is 7.06. The van der Waals surface area contributed by atoms with Crippen LogP contribution in [0.2, 0.25) is 0 Å². The van der Waals surface area contributed by atoms with Gasteiger partial charge >= 0.3 is 11.9 Å². The van der Waals surface area contributed by atoms with Crippen molar-refractivity contribution in [1.82, 2.24) is 0 Å². The first kappa shape index (κ1) is 16.7. The fourth-order valence-electron chi connectivity index (χ4n) is 1.92. The van der Waals surface area contributed by atoms with Gasteiger partial charge in [0, 0.05) is 0 Å². The molecule has 0 aliphatic carbocycles. The quantitative estimate of drug-likeness (QED) is 0.812. The van der Waals surface area contributed by atoms with Gasteiger partial charge in [0.05, 0.1) is 21.8 Å². The molecule has 1 N–H and O–H groups in total. The summed E-state index contributed by atoms with van der Waals surface area (Å²) in [5, 5.41) is 9.01. The van der Waals surface area contributed by atoms with Gasteiger partial charge in [-0.3, -0.25) is 0 Å². The number of carboxylic acids is 1. The van der Waals surface area contributed by atoms with E-state index in [1.165, 1.54) is 36.4 Å². The van der Waals surface area contributed by atoms with Crippen molar-refractivity contribution in [1.29, 1.82) is 0 Å². The molecule has 120 valence electrons. The van der Waals surface area contributed by atoms with E-state index in [2.05, 4.69) is 0 Å². The lowest BCUT2D eigenvalue weighted by molar-refractivity contribution is 0.0517. The van der Waals surface area contributed by atoms with Crippen LogP contribution in [0.1, 0.15) is 20.7 Å². The Labute approximate surface area is 133 Å². The van der Waals surface area contributed by atoms with Crippen molar-refractivity contribution in [2.24, 2.45) is 0 Å². The average molecular weight is 334 g/mol. The summed E-state index contributed by atoms with van der Waals surface area (Å²) in [6, 6.07) is 13.4. The van der Waals surface area contributed by atoms with Crippen molar-refractivity contribution < 1.29 is 27.9 Å². The summed E-state index contributed by atoms with van der Waals surface area (Å²) in [4.78, 5) is 23.1. The van der Waals surface area contributed by atoms with E-state index >= 15 is 0 Å². The molecule has 2 aromatic rings. The number of sulfone groups is 1. The number of carbonyl (C=O) groups excluding carboxylic acids is 1. The molecule has 0 amide bonds. The van der Waals surface area contributed by atoms with E-state index < -0.39 is 21.8 Å². The smallest absolute Gasteiger partial charge is 0.339 e. The summed E-state index contributed by atoms with van der Waals surface area (Å²) >= 11 is 0. The van der Waals surface area contributed by atoms with Crippen LogP contribution in [0, 0.1) is 0 Å². The molecule has 0 heterocycles. The number of hydrogen-bond acceptors (Lipinski definition) is 5. The van der Waals surface area contributed by atoms with Gasteiger partial charge in [0.1, 0.15) is 6.61 Å². The number of aromatic carboxylic acids is 1. The highest BCUT2D eigenvalue weighted by molar-refractivity contribution is 7.91. The molecule has 0 fully saturated rings. The van der Waals surface area contributed by atoms with Crippen LogP contribution in [0.4, 0.5) is 0 Å². The van der Waals surface area contributed by atoms with Gasteiger partial charge in [-0.25, -0.2) is 18.0 Å². The lowest BCUT2D eigenvalue weighted by Gasteiger charge is -2.08. The number of benzene rings is 2. The molecule has 0 saturated carbocycles. The minimum atomic E-state index is -3.56. The van der Waals surface area contributed by atoms with Gasteiger partial charge < -0.3 is 9.84 Å². The number of rotatable bonds is 6. The zero-order valence-electron chi connectivity index (χ0n) is 12.0. The Morgan fingerprint density at radius 2 is 1.48 bits per heavy atom. The minimum absolute atomic E-state index is 0.114. The van der Waals surface area contributed by atoms with Crippen molar-refractivity contribution in [2.45, 2.75) is 4.90 Å². The summed E-state index contributed by atoms with van der Waals surface area (Å²) in [6.45, 7) is -0.357. The van der Waals surface area contributed by atoms with Crippen LogP contribution in [-0.2, 0) is 14.6 Å². The normalized spacial score (nSPS) is 11.0. The fourth-order valence-corrected chi connectivity index (χ4v) is 3.03. The Hall–Kier alpha value is -2.67. The van der Waals surface area contributed by atoms with E-state index in [1.807, 2.05) is 0 Å². The van der Waals surface area contributed by atoms with Crippen LogP contribution >= 0.6 is 0 Å². The summed E-state index contributed by atoms with van der Waals surface area (Å²) in [6.07, 6.45) is 0. The molecule has 6 nitrogen and oxygen atoms in total. The molecule has 0 atom stereocenters. The molecule has 0 aliphatic heterocycles. The third kappa shape index (κ3) is 4.17. The van der Waals surface area contributed by atoms with E-state index in [0.29, 0.717) is 0 Å². The molecule has 0 aliphatic rings. The summed E-state index contributed by atoms with van der Waals surface area (Å²) in [5.74, 6) is -2.50. The summed E-state index contributed by atoms with van der Waals surface area (Å²) in [5.41, 5.74) is -0.305. The molecule has 2 aromatic carbocycles. The lowest BCUT2D eigenvalue weighted by Crippen LogP contribution is -2.17. The number of ether oxygens (including phenoxy) is 1. The number of hydrogen-bond donors (Lipinski definition) is 1. The average Bonchev–Trinajstić information content (AvgIpc) is 2.55.